The molecule has 0 saturated heterocycles. The van der Waals surface area contributed by atoms with Gasteiger partial charge in [-0.25, -0.2) is 0 Å². The van der Waals surface area contributed by atoms with Crippen molar-refractivity contribution in [3.63, 3.8) is 0 Å². The molecule has 0 aromatic rings. The molecule has 0 spiro atoms. The van der Waals surface area contributed by atoms with Crippen molar-refractivity contribution in [2.24, 2.45) is 5.92 Å². The first kappa shape index (κ1) is 8.36. The lowest BCUT2D eigenvalue weighted by molar-refractivity contribution is 0.153. The number of terminal acetylenes is 1. The maximum absolute atomic E-state index is 9.30. The van der Waals surface area contributed by atoms with E-state index in [0.29, 0.717) is 5.92 Å². The zero-order valence-electron chi connectivity index (χ0n) is 6.88. The van der Waals surface area contributed by atoms with Crippen molar-refractivity contribution < 1.29 is 5.11 Å². The minimum absolute atomic E-state index is 0.295. The Bertz CT molecular complexity index is 197. The predicted octanol–water partition coefficient (Wildman–Crippen LogP) is 1.73. The van der Waals surface area contributed by atoms with E-state index in [0.717, 1.165) is 19.3 Å². The summed E-state index contributed by atoms with van der Waals surface area (Å²) in [5.41, 5.74) is 1.42. The van der Waals surface area contributed by atoms with Crippen LogP contribution in [0.4, 0.5) is 0 Å². The lowest BCUT2D eigenvalue weighted by Crippen LogP contribution is -2.19. The van der Waals surface area contributed by atoms with Crippen LogP contribution in [0.3, 0.4) is 0 Å². The van der Waals surface area contributed by atoms with Gasteiger partial charge in [0.25, 0.3) is 0 Å². The van der Waals surface area contributed by atoms with Crippen LogP contribution in [-0.4, -0.2) is 11.2 Å². The van der Waals surface area contributed by atoms with Gasteiger partial charge >= 0.3 is 0 Å². The first-order valence-electron chi connectivity index (χ1n) is 4.04. The van der Waals surface area contributed by atoms with E-state index >= 15 is 0 Å². The Morgan fingerprint density at radius 3 is 3.00 bits per heavy atom. The smallest absolute Gasteiger partial charge is 0.117 e. The Morgan fingerprint density at radius 1 is 1.82 bits per heavy atom. The highest BCUT2D eigenvalue weighted by Crippen LogP contribution is 2.25. The monoisotopic (exact) mass is 150 g/mol. The highest BCUT2D eigenvalue weighted by atomic mass is 16.3. The number of allylic oxidation sites excluding steroid dienone is 2. The molecule has 11 heavy (non-hydrogen) atoms. The maximum Gasteiger partial charge on any atom is 0.117 e. The summed E-state index contributed by atoms with van der Waals surface area (Å²) >= 11 is 0. The van der Waals surface area contributed by atoms with Gasteiger partial charge in [-0.3, -0.25) is 0 Å². The van der Waals surface area contributed by atoms with Crippen LogP contribution in [0.5, 0.6) is 0 Å². The molecule has 0 fully saturated rings. The number of hydrogen-bond donors (Lipinski definition) is 1. The van der Waals surface area contributed by atoms with Gasteiger partial charge in [-0.2, -0.15) is 0 Å². The largest absolute Gasteiger partial charge is 0.380 e. The van der Waals surface area contributed by atoms with Crippen LogP contribution in [0, 0.1) is 18.3 Å². The Morgan fingerprint density at radius 2 is 2.55 bits per heavy atom. The quantitative estimate of drug-likeness (QED) is 0.446. The second kappa shape index (κ2) is 3.59. The van der Waals surface area contributed by atoms with Crippen LogP contribution in [0.15, 0.2) is 11.6 Å². The fourth-order valence-electron chi connectivity index (χ4n) is 1.41. The molecule has 0 amide bonds. The second-order valence-corrected chi connectivity index (χ2v) is 3.20. The number of rotatable bonds is 1. The summed E-state index contributed by atoms with van der Waals surface area (Å²) in [5.74, 6) is 2.67. The third-order valence-electron chi connectivity index (χ3n) is 2.30. The Hall–Kier alpha value is -0.740. The minimum atomic E-state index is -0.542. The fourth-order valence-corrected chi connectivity index (χ4v) is 1.41. The highest BCUT2D eigenvalue weighted by Gasteiger charge is 2.18. The first-order valence-corrected chi connectivity index (χ1v) is 4.04. The normalized spacial score (nSPS) is 27.0. The maximum atomic E-state index is 9.30. The summed E-state index contributed by atoms with van der Waals surface area (Å²) < 4.78 is 0. The van der Waals surface area contributed by atoms with Crippen LogP contribution >= 0.6 is 0 Å². The van der Waals surface area contributed by atoms with E-state index in [1.165, 1.54) is 5.57 Å². The molecular weight excluding hydrogens is 136 g/mol. The van der Waals surface area contributed by atoms with E-state index in [9.17, 15) is 5.11 Å². The van der Waals surface area contributed by atoms with Crippen LogP contribution in [0.25, 0.3) is 0 Å². The van der Waals surface area contributed by atoms with Gasteiger partial charge in [-0.1, -0.05) is 17.6 Å². The molecule has 0 radical (unpaired) electrons. The van der Waals surface area contributed by atoms with Crippen molar-refractivity contribution in [1.82, 2.24) is 0 Å². The molecule has 1 N–H and O–H groups in total. The van der Waals surface area contributed by atoms with E-state index in [1.54, 1.807) is 0 Å². The lowest BCUT2D eigenvalue weighted by atomic mass is 9.86. The molecule has 0 heterocycles. The van der Waals surface area contributed by atoms with Crippen molar-refractivity contribution in [3.05, 3.63) is 11.6 Å². The topological polar surface area (TPSA) is 20.2 Å². The lowest BCUT2D eigenvalue weighted by Gasteiger charge is -2.21. The van der Waals surface area contributed by atoms with Crippen LogP contribution in [0.2, 0.25) is 0 Å². The number of aliphatic hydroxyl groups excluding tert-OH is 1. The highest BCUT2D eigenvalue weighted by molar-refractivity contribution is 5.07. The van der Waals surface area contributed by atoms with Crippen LogP contribution in [-0.2, 0) is 0 Å². The summed E-state index contributed by atoms with van der Waals surface area (Å²) in [6.07, 6.45) is 9.81. The molecule has 2 atom stereocenters. The van der Waals surface area contributed by atoms with Gasteiger partial charge < -0.3 is 5.11 Å². The molecule has 2 unspecified atom stereocenters. The van der Waals surface area contributed by atoms with Crippen LogP contribution < -0.4 is 0 Å². The van der Waals surface area contributed by atoms with Crippen molar-refractivity contribution in [2.75, 3.05) is 0 Å². The SMILES string of the molecule is C#CC(O)C1CC=C(C)CC1. The van der Waals surface area contributed by atoms with E-state index in [4.69, 9.17) is 6.42 Å². The standard InChI is InChI=1S/C10H14O/c1-3-10(11)9-6-4-8(2)5-7-9/h1,4,9-11H,5-7H2,2H3. The van der Waals surface area contributed by atoms with Crippen LogP contribution in [0.1, 0.15) is 26.2 Å². The molecule has 60 valence electrons. The Balaban J connectivity index is 2.48. The van der Waals surface area contributed by atoms with E-state index in [2.05, 4.69) is 18.9 Å². The average molecular weight is 150 g/mol. The molecular formula is C10H14O. The van der Waals surface area contributed by atoms with Gasteiger partial charge in [0.05, 0.1) is 0 Å². The molecule has 0 aromatic carbocycles. The first-order chi connectivity index (χ1) is 5.24. The van der Waals surface area contributed by atoms with Crippen molar-refractivity contribution in [2.45, 2.75) is 32.3 Å². The van der Waals surface area contributed by atoms with E-state index < -0.39 is 6.10 Å². The molecule has 1 nitrogen and oxygen atoms in total. The molecule has 1 heteroatoms. The van der Waals surface area contributed by atoms with Gasteiger partial charge in [-0.05, 0) is 32.1 Å². The zero-order valence-corrected chi connectivity index (χ0v) is 6.88. The van der Waals surface area contributed by atoms with Gasteiger partial charge in [0.15, 0.2) is 0 Å². The minimum Gasteiger partial charge on any atom is -0.380 e. The summed E-state index contributed by atoms with van der Waals surface area (Å²) in [7, 11) is 0. The third-order valence-corrected chi connectivity index (χ3v) is 2.30. The molecule has 0 aliphatic heterocycles. The molecule has 1 aliphatic carbocycles. The van der Waals surface area contributed by atoms with Crippen molar-refractivity contribution >= 4 is 0 Å². The summed E-state index contributed by atoms with van der Waals surface area (Å²) in [6.45, 7) is 2.12. The van der Waals surface area contributed by atoms with Gasteiger partial charge in [0, 0.05) is 0 Å². The van der Waals surface area contributed by atoms with E-state index in [-0.39, 0.29) is 0 Å². The van der Waals surface area contributed by atoms with Gasteiger partial charge in [-0.15, -0.1) is 6.42 Å². The van der Waals surface area contributed by atoms with Gasteiger partial charge in [0.2, 0.25) is 0 Å². The Labute approximate surface area is 68.1 Å². The van der Waals surface area contributed by atoms with E-state index in [1.807, 2.05) is 0 Å². The molecule has 0 saturated carbocycles. The summed E-state index contributed by atoms with van der Waals surface area (Å²) in [5, 5.41) is 9.30. The molecule has 1 aliphatic rings. The predicted molar refractivity (Wildman–Crippen MR) is 45.9 cm³/mol. The number of aliphatic hydroxyl groups is 1. The fraction of sp³-hybridized carbons (Fsp3) is 0.600. The van der Waals surface area contributed by atoms with Gasteiger partial charge in [0.1, 0.15) is 6.10 Å². The molecule has 1 rings (SSSR count). The van der Waals surface area contributed by atoms with Crippen molar-refractivity contribution in [3.8, 4) is 12.3 Å². The Kier molecular flexibility index (Phi) is 2.73. The number of hydrogen-bond acceptors (Lipinski definition) is 1. The third kappa shape index (κ3) is 2.10. The molecule has 0 aromatic heterocycles. The zero-order chi connectivity index (χ0) is 8.27. The second-order valence-electron chi connectivity index (χ2n) is 3.20. The summed E-state index contributed by atoms with van der Waals surface area (Å²) in [4.78, 5) is 0. The average Bonchev–Trinajstić information content (AvgIpc) is 2.05. The summed E-state index contributed by atoms with van der Waals surface area (Å²) in [6, 6.07) is 0. The van der Waals surface area contributed by atoms with Crippen molar-refractivity contribution in [1.29, 1.82) is 0 Å². The molecule has 0 bridgehead atoms.